The third-order valence-corrected chi connectivity index (χ3v) is 6.67. The van der Waals surface area contributed by atoms with Gasteiger partial charge in [0.1, 0.15) is 5.75 Å². The highest BCUT2D eigenvalue weighted by Crippen LogP contribution is 2.39. The summed E-state index contributed by atoms with van der Waals surface area (Å²) in [5, 5.41) is 3.24. The zero-order chi connectivity index (χ0) is 22.7. The van der Waals surface area contributed by atoms with Crippen molar-refractivity contribution in [1.29, 1.82) is 0 Å². The zero-order valence-electron chi connectivity index (χ0n) is 19.2. The molecule has 0 radical (unpaired) electrons. The number of hydrogen-bond donors (Lipinski definition) is 1. The summed E-state index contributed by atoms with van der Waals surface area (Å²) in [7, 11) is 6.34. The van der Waals surface area contributed by atoms with E-state index in [1.165, 1.54) is 18.4 Å². The molecule has 2 saturated heterocycles. The van der Waals surface area contributed by atoms with Crippen LogP contribution in [0.15, 0.2) is 36.4 Å². The number of benzene rings is 2. The van der Waals surface area contributed by atoms with Gasteiger partial charge in [-0.25, -0.2) is 0 Å². The van der Waals surface area contributed by atoms with Gasteiger partial charge in [0.25, 0.3) is 5.91 Å². The van der Waals surface area contributed by atoms with Crippen LogP contribution < -0.4 is 24.3 Å². The van der Waals surface area contributed by atoms with Crippen molar-refractivity contribution in [1.82, 2.24) is 10.2 Å². The maximum atomic E-state index is 13.0. The second-order valence-electron chi connectivity index (χ2n) is 8.46. The van der Waals surface area contributed by atoms with E-state index in [2.05, 4.69) is 22.3 Å². The first kappa shape index (κ1) is 22.3. The van der Waals surface area contributed by atoms with Gasteiger partial charge in [0.2, 0.25) is 5.75 Å². The van der Waals surface area contributed by atoms with Gasteiger partial charge in [-0.2, -0.15) is 0 Å². The Morgan fingerprint density at radius 2 is 1.50 bits per heavy atom. The Morgan fingerprint density at radius 3 is 2.00 bits per heavy atom. The van der Waals surface area contributed by atoms with Crippen LogP contribution in [-0.2, 0) is 6.54 Å². The molecule has 2 aromatic carbocycles. The molecule has 2 atom stereocenters. The number of fused-ring (bicyclic) bond motifs is 2. The van der Waals surface area contributed by atoms with E-state index >= 15 is 0 Å². The van der Waals surface area contributed by atoms with Crippen molar-refractivity contribution in [3.05, 3.63) is 47.5 Å². The third-order valence-electron chi connectivity index (χ3n) is 6.67. The minimum atomic E-state index is -0.114. The summed E-state index contributed by atoms with van der Waals surface area (Å²) in [6.07, 6.45) is 4.28. The number of nitrogens with one attached hydrogen (secondary N) is 1. The van der Waals surface area contributed by atoms with Crippen LogP contribution in [0.1, 0.15) is 41.6 Å². The van der Waals surface area contributed by atoms with Crippen LogP contribution in [-0.4, -0.2) is 57.4 Å². The molecule has 2 aliphatic heterocycles. The second-order valence-corrected chi connectivity index (χ2v) is 8.46. The first-order valence-electron chi connectivity index (χ1n) is 11.1. The Hall–Kier alpha value is -2.93. The number of hydrogen-bond acceptors (Lipinski definition) is 6. The summed E-state index contributed by atoms with van der Waals surface area (Å²) in [4.78, 5) is 15.6. The van der Waals surface area contributed by atoms with E-state index in [9.17, 15) is 4.79 Å². The van der Waals surface area contributed by atoms with E-state index in [0.29, 0.717) is 34.9 Å². The van der Waals surface area contributed by atoms with E-state index < -0.39 is 0 Å². The second kappa shape index (κ2) is 9.69. The normalized spacial score (nSPS) is 22.3. The SMILES string of the molecule is COc1ccc(CN2[C@H]3CC[C@H]2CC(NC(=O)c2cc(OC)c(OC)c(OC)c2)C3)cc1. The quantitative estimate of drug-likeness (QED) is 0.676. The molecule has 2 heterocycles. The molecular formula is C25H32N2O5. The highest BCUT2D eigenvalue weighted by atomic mass is 16.5. The van der Waals surface area contributed by atoms with Crippen molar-refractivity contribution in [3.63, 3.8) is 0 Å². The molecular weight excluding hydrogens is 408 g/mol. The highest BCUT2D eigenvalue weighted by molar-refractivity contribution is 5.95. The van der Waals surface area contributed by atoms with Crippen LogP contribution in [0.4, 0.5) is 0 Å². The number of amides is 1. The summed E-state index contributed by atoms with van der Waals surface area (Å²) < 4.78 is 21.4. The van der Waals surface area contributed by atoms with Gasteiger partial charge in [-0.05, 0) is 55.5 Å². The van der Waals surface area contributed by atoms with E-state index in [1.54, 1.807) is 40.6 Å². The van der Waals surface area contributed by atoms with Crippen molar-refractivity contribution in [2.75, 3.05) is 28.4 Å². The fourth-order valence-electron chi connectivity index (χ4n) is 5.07. The predicted octanol–water partition coefficient (Wildman–Crippen LogP) is 3.65. The molecule has 7 heteroatoms. The van der Waals surface area contributed by atoms with Crippen molar-refractivity contribution < 1.29 is 23.7 Å². The fourth-order valence-corrected chi connectivity index (χ4v) is 5.07. The first-order chi connectivity index (χ1) is 15.6. The highest BCUT2D eigenvalue weighted by Gasteiger charge is 2.41. The average Bonchev–Trinajstić information content (AvgIpc) is 3.05. The number of nitrogens with zero attached hydrogens (tertiary/aromatic N) is 1. The molecule has 2 bridgehead atoms. The Labute approximate surface area is 189 Å². The Kier molecular flexibility index (Phi) is 6.74. The first-order valence-corrected chi connectivity index (χ1v) is 11.1. The Bertz CT molecular complexity index is 907. The van der Waals surface area contributed by atoms with Gasteiger partial charge in [0.15, 0.2) is 11.5 Å². The van der Waals surface area contributed by atoms with Gasteiger partial charge >= 0.3 is 0 Å². The summed E-state index contributed by atoms with van der Waals surface area (Å²) in [6, 6.07) is 12.8. The molecule has 1 amide bonds. The number of piperidine rings is 1. The smallest absolute Gasteiger partial charge is 0.251 e. The van der Waals surface area contributed by atoms with Crippen molar-refractivity contribution in [3.8, 4) is 23.0 Å². The van der Waals surface area contributed by atoms with Crippen molar-refractivity contribution in [2.24, 2.45) is 0 Å². The predicted molar refractivity (Wildman–Crippen MR) is 122 cm³/mol. The molecule has 0 saturated carbocycles. The Morgan fingerprint density at radius 1 is 0.906 bits per heavy atom. The molecule has 1 N–H and O–H groups in total. The third kappa shape index (κ3) is 4.48. The summed E-state index contributed by atoms with van der Waals surface area (Å²) in [5.74, 6) is 2.20. The summed E-state index contributed by atoms with van der Waals surface area (Å²) >= 11 is 0. The van der Waals surface area contributed by atoms with Gasteiger partial charge in [-0.1, -0.05) is 12.1 Å². The van der Waals surface area contributed by atoms with Crippen LogP contribution in [0.25, 0.3) is 0 Å². The molecule has 0 aliphatic carbocycles. The van der Waals surface area contributed by atoms with Crippen LogP contribution in [0.5, 0.6) is 23.0 Å². The molecule has 7 nitrogen and oxygen atoms in total. The monoisotopic (exact) mass is 440 g/mol. The standard InChI is InChI=1S/C25H32N2O5/c1-29-21-9-5-16(6-10-21)15-27-19-7-8-20(27)14-18(13-19)26-25(28)17-11-22(30-2)24(32-4)23(12-17)31-3/h5-6,9-12,18-20H,7-8,13-15H2,1-4H3,(H,26,28)/t19-,20-/m0/s1. The molecule has 0 unspecified atom stereocenters. The van der Waals surface area contributed by atoms with Gasteiger partial charge in [-0.3, -0.25) is 9.69 Å². The van der Waals surface area contributed by atoms with E-state index in [1.807, 2.05) is 12.1 Å². The Balaban J connectivity index is 1.41. The molecule has 172 valence electrons. The number of carbonyl (C=O) groups excluding carboxylic acids is 1. The lowest BCUT2D eigenvalue weighted by molar-refractivity contribution is 0.0827. The molecule has 2 aliphatic rings. The lowest BCUT2D eigenvalue weighted by Crippen LogP contribution is -2.50. The summed E-state index contributed by atoms with van der Waals surface area (Å²) in [5.41, 5.74) is 1.80. The topological polar surface area (TPSA) is 69.3 Å². The van der Waals surface area contributed by atoms with E-state index in [4.69, 9.17) is 18.9 Å². The van der Waals surface area contributed by atoms with Crippen LogP contribution in [0.2, 0.25) is 0 Å². The van der Waals surface area contributed by atoms with Gasteiger partial charge in [0, 0.05) is 30.2 Å². The van der Waals surface area contributed by atoms with Gasteiger partial charge < -0.3 is 24.3 Å². The van der Waals surface area contributed by atoms with Crippen molar-refractivity contribution >= 4 is 5.91 Å². The maximum absolute atomic E-state index is 13.0. The molecule has 0 spiro atoms. The van der Waals surface area contributed by atoms with E-state index in [-0.39, 0.29) is 11.9 Å². The number of ether oxygens (including phenoxy) is 4. The lowest BCUT2D eigenvalue weighted by Gasteiger charge is -2.39. The van der Waals surface area contributed by atoms with E-state index in [0.717, 1.165) is 25.1 Å². The minimum absolute atomic E-state index is 0.114. The fraction of sp³-hybridized carbons (Fsp3) is 0.480. The average molecular weight is 441 g/mol. The maximum Gasteiger partial charge on any atom is 0.251 e. The molecule has 4 rings (SSSR count). The minimum Gasteiger partial charge on any atom is -0.497 e. The zero-order valence-corrected chi connectivity index (χ0v) is 19.2. The van der Waals surface area contributed by atoms with Gasteiger partial charge in [-0.15, -0.1) is 0 Å². The van der Waals surface area contributed by atoms with Crippen molar-refractivity contribution in [2.45, 2.75) is 50.4 Å². The lowest BCUT2D eigenvalue weighted by atomic mass is 9.96. The molecule has 32 heavy (non-hydrogen) atoms. The largest absolute Gasteiger partial charge is 0.497 e. The number of carbonyl (C=O) groups is 1. The number of methoxy groups -OCH3 is 4. The number of rotatable bonds is 8. The van der Waals surface area contributed by atoms with Crippen LogP contribution in [0, 0.1) is 0 Å². The molecule has 0 aromatic heterocycles. The van der Waals surface area contributed by atoms with Gasteiger partial charge in [0.05, 0.1) is 28.4 Å². The molecule has 2 aromatic rings. The van der Waals surface area contributed by atoms with Crippen LogP contribution >= 0.6 is 0 Å². The van der Waals surface area contributed by atoms with Crippen LogP contribution in [0.3, 0.4) is 0 Å². The molecule has 2 fully saturated rings. The summed E-state index contributed by atoms with van der Waals surface area (Å²) in [6.45, 7) is 0.937.